The molecule has 2 N–H and O–H groups in total. The summed E-state index contributed by atoms with van der Waals surface area (Å²) in [5.41, 5.74) is 11.4. The second-order valence-electron chi connectivity index (χ2n) is 9.05. The van der Waals surface area contributed by atoms with Gasteiger partial charge in [0.05, 0.1) is 18.2 Å². The van der Waals surface area contributed by atoms with Gasteiger partial charge in [0.25, 0.3) is 0 Å². The van der Waals surface area contributed by atoms with Crippen LogP contribution in [-0.4, -0.2) is 30.2 Å². The lowest BCUT2D eigenvalue weighted by atomic mass is 9.89. The normalized spacial score (nSPS) is 19.3. The summed E-state index contributed by atoms with van der Waals surface area (Å²) >= 11 is 6.36. The Balaban J connectivity index is 1.46. The van der Waals surface area contributed by atoms with Crippen LogP contribution in [0, 0.1) is 12.7 Å². The molecule has 0 spiro atoms. The van der Waals surface area contributed by atoms with E-state index in [0.717, 1.165) is 59.3 Å². The molecule has 2 aromatic rings. The Labute approximate surface area is 193 Å². The molecule has 32 heavy (non-hydrogen) atoms. The zero-order chi connectivity index (χ0) is 22.5. The average molecular weight is 455 g/mol. The summed E-state index contributed by atoms with van der Waals surface area (Å²) in [6.07, 6.45) is 8.83. The molecule has 1 heterocycles. The molecule has 1 aliphatic heterocycles. The molecular formula is C26H28ClFN2O2. The molecule has 0 saturated heterocycles. The minimum atomic E-state index is -0.445. The number of benzene rings is 2. The summed E-state index contributed by atoms with van der Waals surface area (Å²) in [4.78, 5) is 2.17. The number of hydrogen-bond acceptors (Lipinski definition) is 4. The van der Waals surface area contributed by atoms with Crippen LogP contribution in [0.15, 0.2) is 48.2 Å². The van der Waals surface area contributed by atoms with Gasteiger partial charge in [-0.2, -0.15) is 0 Å². The first-order chi connectivity index (χ1) is 15.4. The third-order valence-corrected chi connectivity index (χ3v) is 7.01. The highest BCUT2D eigenvalue weighted by Crippen LogP contribution is 2.48. The van der Waals surface area contributed by atoms with Crippen molar-refractivity contribution in [2.24, 2.45) is 5.73 Å². The largest absolute Gasteiger partial charge is 0.492 e. The number of hydrogen-bond donors (Lipinski definition) is 1. The monoisotopic (exact) mass is 454 g/mol. The van der Waals surface area contributed by atoms with Gasteiger partial charge in [-0.1, -0.05) is 35.9 Å². The van der Waals surface area contributed by atoms with E-state index in [9.17, 15) is 4.39 Å². The SMILES string of the molecule is COc1c(F)cc(CN2C=C(C3(N)CC3)C(c3ccccc3OC3CC3)=CC2)c(C)c1Cl. The number of halogens is 2. The van der Waals surface area contributed by atoms with E-state index >= 15 is 0 Å². The summed E-state index contributed by atoms with van der Waals surface area (Å²) in [6.45, 7) is 3.12. The summed E-state index contributed by atoms with van der Waals surface area (Å²) < 4.78 is 25.8. The molecular weight excluding hydrogens is 427 g/mol. The van der Waals surface area contributed by atoms with Crippen molar-refractivity contribution in [2.75, 3.05) is 13.7 Å². The quantitative estimate of drug-likeness (QED) is 0.590. The smallest absolute Gasteiger partial charge is 0.173 e. The number of para-hydroxylation sites is 1. The van der Waals surface area contributed by atoms with Crippen LogP contribution in [0.3, 0.4) is 0 Å². The predicted molar refractivity (Wildman–Crippen MR) is 125 cm³/mol. The molecule has 0 atom stereocenters. The van der Waals surface area contributed by atoms with Gasteiger partial charge in [0, 0.05) is 30.4 Å². The van der Waals surface area contributed by atoms with Crippen molar-refractivity contribution >= 4 is 17.2 Å². The van der Waals surface area contributed by atoms with E-state index in [1.165, 1.54) is 13.2 Å². The number of nitrogens with zero attached hydrogens (tertiary/aromatic N) is 1. The Morgan fingerprint density at radius 1 is 1.25 bits per heavy atom. The van der Waals surface area contributed by atoms with Gasteiger partial charge in [0.2, 0.25) is 0 Å². The second-order valence-corrected chi connectivity index (χ2v) is 9.43. The molecule has 0 amide bonds. The number of nitrogens with two attached hydrogens (primary N) is 1. The molecule has 6 heteroatoms. The molecule has 0 radical (unpaired) electrons. The van der Waals surface area contributed by atoms with Crippen LogP contribution in [0.2, 0.25) is 5.02 Å². The van der Waals surface area contributed by atoms with E-state index in [1.807, 2.05) is 25.1 Å². The van der Waals surface area contributed by atoms with E-state index in [4.69, 9.17) is 26.8 Å². The van der Waals surface area contributed by atoms with Gasteiger partial charge in [-0.15, -0.1) is 0 Å². The highest BCUT2D eigenvalue weighted by Gasteiger charge is 2.45. The third kappa shape index (κ3) is 4.00. The fourth-order valence-corrected chi connectivity index (χ4v) is 4.55. The van der Waals surface area contributed by atoms with E-state index < -0.39 is 5.82 Å². The maximum atomic E-state index is 14.5. The van der Waals surface area contributed by atoms with Crippen molar-refractivity contribution < 1.29 is 13.9 Å². The Hall–Kier alpha value is -2.50. The molecule has 4 nitrogen and oxygen atoms in total. The topological polar surface area (TPSA) is 47.7 Å². The molecule has 2 fully saturated rings. The van der Waals surface area contributed by atoms with Gasteiger partial charge < -0.3 is 20.1 Å². The second kappa shape index (κ2) is 8.13. The minimum absolute atomic E-state index is 0.0936. The lowest BCUT2D eigenvalue weighted by molar-refractivity contribution is 0.302. The molecule has 2 aliphatic carbocycles. The summed E-state index contributed by atoms with van der Waals surface area (Å²) in [5.74, 6) is 0.569. The number of ether oxygens (including phenoxy) is 2. The minimum Gasteiger partial charge on any atom is -0.492 e. The van der Waals surface area contributed by atoms with Crippen molar-refractivity contribution in [3.8, 4) is 11.5 Å². The van der Waals surface area contributed by atoms with Crippen LogP contribution in [0.4, 0.5) is 4.39 Å². The van der Waals surface area contributed by atoms with Crippen LogP contribution in [0.5, 0.6) is 11.5 Å². The molecule has 5 rings (SSSR count). The maximum Gasteiger partial charge on any atom is 0.173 e. The van der Waals surface area contributed by atoms with E-state index in [1.54, 1.807) is 0 Å². The third-order valence-electron chi connectivity index (χ3n) is 6.56. The molecule has 0 bridgehead atoms. The van der Waals surface area contributed by atoms with Crippen LogP contribution in [-0.2, 0) is 6.54 Å². The molecule has 3 aliphatic rings. The highest BCUT2D eigenvalue weighted by molar-refractivity contribution is 6.32. The van der Waals surface area contributed by atoms with Crippen LogP contribution >= 0.6 is 11.6 Å². The molecule has 0 aromatic heterocycles. The zero-order valence-electron chi connectivity index (χ0n) is 18.5. The van der Waals surface area contributed by atoms with Crippen molar-refractivity contribution in [3.05, 3.63) is 75.7 Å². The summed E-state index contributed by atoms with van der Waals surface area (Å²) in [7, 11) is 1.43. The first-order valence-electron chi connectivity index (χ1n) is 11.1. The first-order valence-corrected chi connectivity index (χ1v) is 11.5. The van der Waals surface area contributed by atoms with Crippen LogP contribution in [0.1, 0.15) is 42.4 Å². The van der Waals surface area contributed by atoms with Gasteiger partial charge in [-0.25, -0.2) is 4.39 Å². The summed E-state index contributed by atoms with van der Waals surface area (Å²) in [5, 5.41) is 0.323. The highest BCUT2D eigenvalue weighted by atomic mass is 35.5. The van der Waals surface area contributed by atoms with Gasteiger partial charge in [0.1, 0.15) is 5.75 Å². The molecule has 168 valence electrons. The van der Waals surface area contributed by atoms with E-state index in [-0.39, 0.29) is 11.3 Å². The lowest BCUT2D eigenvalue weighted by Gasteiger charge is -2.31. The van der Waals surface area contributed by atoms with Crippen molar-refractivity contribution in [3.63, 3.8) is 0 Å². The van der Waals surface area contributed by atoms with Gasteiger partial charge >= 0.3 is 0 Å². The van der Waals surface area contributed by atoms with Crippen molar-refractivity contribution in [1.82, 2.24) is 4.90 Å². The average Bonchev–Trinajstić information content (AvgIpc) is 3.72. The van der Waals surface area contributed by atoms with Crippen LogP contribution < -0.4 is 15.2 Å². The molecule has 0 unspecified atom stereocenters. The van der Waals surface area contributed by atoms with Gasteiger partial charge in [-0.3, -0.25) is 0 Å². The predicted octanol–water partition coefficient (Wildman–Crippen LogP) is 5.61. The van der Waals surface area contributed by atoms with Crippen molar-refractivity contribution in [2.45, 2.75) is 50.8 Å². The lowest BCUT2D eigenvalue weighted by Crippen LogP contribution is -2.31. The molecule has 2 aromatic carbocycles. The van der Waals surface area contributed by atoms with Crippen LogP contribution in [0.25, 0.3) is 5.57 Å². The van der Waals surface area contributed by atoms with E-state index in [0.29, 0.717) is 24.2 Å². The fraction of sp³-hybridized carbons (Fsp3) is 0.385. The Morgan fingerprint density at radius 2 is 2.00 bits per heavy atom. The maximum absolute atomic E-state index is 14.5. The summed E-state index contributed by atoms with van der Waals surface area (Å²) in [6, 6.07) is 9.73. The number of rotatable bonds is 7. The first kappa shape index (κ1) is 21.4. The fourth-order valence-electron chi connectivity index (χ4n) is 4.26. The Kier molecular flexibility index (Phi) is 5.42. The van der Waals surface area contributed by atoms with Crippen molar-refractivity contribution in [1.29, 1.82) is 0 Å². The van der Waals surface area contributed by atoms with Gasteiger partial charge in [-0.05, 0) is 67.0 Å². The Bertz CT molecular complexity index is 1120. The van der Waals surface area contributed by atoms with Gasteiger partial charge in [0.15, 0.2) is 11.6 Å². The Morgan fingerprint density at radius 3 is 2.69 bits per heavy atom. The zero-order valence-corrected chi connectivity index (χ0v) is 19.2. The molecule has 2 saturated carbocycles. The van der Waals surface area contributed by atoms with E-state index in [2.05, 4.69) is 23.2 Å². The number of methoxy groups -OCH3 is 1. The standard InChI is InChI=1S/C26H28ClFN2O2/c1-16-17(13-22(28)25(31-2)24(16)27)14-30-12-9-19(21(15-30)26(29)10-11-26)20-5-3-4-6-23(20)32-18-7-8-18/h3-6,9,13,15,18H,7-8,10-12,14,29H2,1-2H3.